The van der Waals surface area contributed by atoms with Crippen molar-refractivity contribution in [2.24, 2.45) is 5.92 Å². The molecule has 1 amide bonds. The first-order valence-corrected chi connectivity index (χ1v) is 9.53. The average molecular weight is 344 g/mol. The Morgan fingerprint density at radius 3 is 2.92 bits per heavy atom. The number of benzene rings is 1. The molecule has 0 bridgehead atoms. The molecule has 1 atom stereocenters. The predicted octanol–water partition coefficient (Wildman–Crippen LogP) is 2.38. The van der Waals surface area contributed by atoms with Gasteiger partial charge in [0.15, 0.2) is 0 Å². The Hall–Kier alpha value is -1.75. The van der Waals surface area contributed by atoms with Crippen LogP contribution in [0, 0.1) is 5.92 Å². The van der Waals surface area contributed by atoms with Crippen LogP contribution in [-0.2, 0) is 11.2 Å². The van der Waals surface area contributed by atoms with Gasteiger partial charge in [-0.2, -0.15) is 0 Å². The fraction of sp³-hybridized carbons (Fsp3) is 0.650. The fourth-order valence-corrected chi connectivity index (χ4v) is 4.84. The van der Waals surface area contributed by atoms with Gasteiger partial charge < -0.3 is 14.8 Å². The van der Waals surface area contributed by atoms with E-state index in [9.17, 15) is 4.79 Å². The molecule has 1 N–H and O–H groups in total. The van der Waals surface area contributed by atoms with Gasteiger partial charge in [0.2, 0.25) is 5.91 Å². The zero-order valence-electron chi connectivity index (χ0n) is 15.1. The normalized spacial score (nSPS) is 24.3. The minimum Gasteiger partial charge on any atom is -0.497 e. The van der Waals surface area contributed by atoms with Crippen LogP contribution in [0.4, 0.5) is 0 Å². The second-order valence-corrected chi connectivity index (χ2v) is 7.65. The smallest absolute Gasteiger partial charge is 0.226 e. The van der Waals surface area contributed by atoms with E-state index in [2.05, 4.69) is 10.2 Å². The van der Waals surface area contributed by atoms with Crippen molar-refractivity contribution in [1.82, 2.24) is 10.2 Å². The Morgan fingerprint density at radius 1 is 1.36 bits per heavy atom. The van der Waals surface area contributed by atoms with Gasteiger partial charge in [-0.15, -0.1) is 0 Å². The van der Waals surface area contributed by atoms with Gasteiger partial charge in [0.05, 0.1) is 13.0 Å². The number of hydrogen-bond donors (Lipinski definition) is 1. The van der Waals surface area contributed by atoms with Gasteiger partial charge in [-0.05, 0) is 63.2 Å². The van der Waals surface area contributed by atoms with Gasteiger partial charge in [-0.3, -0.25) is 9.69 Å². The summed E-state index contributed by atoms with van der Waals surface area (Å²) in [4.78, 5) is 15.2. The molecule has 136 valence electrons. The van der Waals surface area contributed by atoms with E-state index in [1.807, 2.05) is 18.2 Å². The highest BCUT2D eigenvalue weighted by Crippen LogP contribution is 2.41. The summed E-state index contributed by atoms with van der Waals surface area (Å²) in [7, 11) is 1.65. The Balaban J connectivity index is 1.30. The maximum Gasteiger partial charge on any atom is 0.226 e. The molecule has 1 aromatic rings. The van der Waals surface area contributed by atoms with Crippen LogP contribution in [0.3, 0.4) is 0 Å². The van der Waals surface area contributed by atoms with Crippen LogP contribution in [0.25, 0.3) is 0 Å². The number of rotatable bonds is 5. The van der Waals surface area contributed by atoms with Crippen molar-refractivity contribution >= 4 is 5.91 Å². The zero-order chi connectivity index (χ0) is 17.3. The molecule has 0 aromatic heterocycles. The molecule has 0 aliphatic carbocycles. The number of nitrogens with zero attached hydrogens (tertiary/aromatic N) is 1. The number of amides is 1. The zero-order valence-corrected chi connectivity index (χ0v) is 15.1. The molecule has 0 radical (unpaired) electrons. The molecule has 0 unspecified atom stereocenters. The number of methoxy groups -OCH3 is 1. The molecule has 3 heterocycles. The fourth-order valence-electron chi connectivity index (χ4n) is 4.84. The minimum atomic E-state index is -0.0957. The first kappa shape index (κ1) is 16.7. The number of carbonyl (C=O) groups is 1. The molecule has 4 rings (SSSR count). The second-order valence-electron chi connectivity index (χ2n) is 7.65. The third-order valence-corrected chi connectivity index (χ3v) is 6.25. The van der Waals surface area contributed by atoms with Crippen LogP contribution in [0.2, 0.25) is 0 Å². The van der Waals surface area contributed by atoms with Gasteiger partial charge in [0.25, 0.3) is 0 Å². The van der Waals surface area contributed by atoms with Crippen molar-refractivity contribution in [1.29, 1.82) is 0 Å². The number of hydrogen-bond acceptors (Lipinski definition) is 4. The maximum absolute atomic E-state index is 12.6. The van der Waals surface area contributed by atoms with Crippen LogP contribution in [0.1, 0.15) is 37.7 Å². The third-order valence-electron chi connectivity index (χ3n) is 6.25. The first-order valence-electron chi connectivity index (χ1n) is 9.53. The van der Waals surface area contributed by atoms with Crippen molar-refractivity contribution in [2.75, 3.05) is 33.4 Å². The lowest BCUT2D eigenvalue weighted by Crippen LogP contribution is -2.43. The van der Waals surface area contributed by atoms with Gasteiger partial charge in [-0.1, -0.05) is 6.07 Å². The van der Waals surface area contributed by atoms with Crippen molar-refractivity contribution < 1.29 is 14.3 Å². The van der Waals surface area contributed by atoms with E-state index in [-0.39, 0.29) is 11.8 Å². The summed E-state index contributed by atoms with van der Waals surface area (Å²) in [6.45, 7) is 3.71. The van der Waals surface area contributed by atoms with Crippen LogP contribution >= 0.6 is 0 Å². The maximum atomic E-state index is 12.6. The molecule has 1 aromatic carbocycles. The molecule has 5 heteroatoms. The van der Waals surface area contributed by atoms with Crippen LogP contribution in [-0.4, -0.2) is 49.7 Å². The number of fused-ring (bicyclic) bond motifs is 2. The summed E-state index contributed by atoms with van der Waals surface area (Å²) in [5.74, 6) is 1.66. The van der Waals surface area contributed by atoms with Crippen LogP contribution in [0.5, 0.6) is 11.5 Å². The Kier molecular flexibility index (Phi) is 4.59. The lowest BCUT2D eigenvalue weighted by Gasteiger charge is -2.32. The van der Waals surface area contributed by atoms with Crippen molar-refractivity contribution in [3.8, 4) is 11.5 Å². The summed E-state index contributed by atoms with van der Waals surface area (Å²) in [6, 6.07) is 5.83. The van der Waals surface area contributed by atoms with Gasteiger partial charge in [0.1, 0.15) is 18.1 Å². The molecule has 2 saturated heterocycles. The molecule has 2 fully saturated rings. The van der Waals surface area contributed by atoms with Gasteiger partial charge in [0, 0.05) is 18.2 Å². The first-order chi connectivity index (χ1) is 12.2. The van der Waals surface area contributed by atoms with E-state index < -0.39 is 0 Å². The number of carbonyl (C=O) groups excluding carboxylic acids is 1. The van der Waals surface area contributed by atoms with Gasteiger partial charge >= 0.3 is 0 Å². The van der Waals surface area contributed by atoms with E-state index in [0.717, 1.165) is 36.4 Å². The molecule has 3 aliphatic heterocycles. The SMILES string of the molecule is COc1ccc2c(c1)OC[C@H](C(=O)NCCC13CCCN1CCC3)C2. The molecular weight excluding hydrogens is 316 g/mol. The molecule has 0 spiro atoms. The van der Waals surface area contributed by atoms with Crippen LogP contribution in [0.15, 0.2) is 18.2 Å². The van der Waals surface area contributed by atoms with Gasteiger partial charge in [-0.25, -0.2) is 0 Å². The quantitative estimate of drug-likeness (QED) is 0.891. The largest absolute Gasteiger partial charge is 0.497 e. The Morgan fingerprint density at radius 2 is 2.16 bits per heavy atom. The summed E-state index contributed by atoms with van der Waals surface area (Å²) >= 11 is 0. The average Bonchev–Trinajstić information content (AvgIpc) is 3.20. The molecule has 25 heavy (non-hydrogen) atoms. The second kappa shape index (κ2) is 6.87. The highest BCUT2D eigenvalue weighted by atomic mass is 16.5. The monoisotopic (exact) mass is 344 g/mol. The number of ether oxygens (including phenoxy) is 2. The summed E-state index contributed by atoms with van der Waals surface area (Å²) in [5, 5.41) is 3.17. The Labute approximate surface area is 149 Å². The van der Waals surface area contributed by atoms with Crippen molar-refractivity contribution in [3.05, 3.63) is 23.8 Å². The summed E-state index contributed by atoms with van der Waals surface area (Å²) in [6.07, 6.45) is 7.03. The standard InChI is InChI=1S/C20H28N2O3/c1-24-17-5-4-15-12-16(14-25-18(15)13-17)19(23)21-9-8-20-6-2-10-22(20)11-3-7-20/h4-5,13,16H,2-3,6-12,14H2,1H3,(H,21,23)/t16-/m1/s1. The highest BCUT2D eigenvalue weighted by Gasteiger charge is 2.43. The minimum absolute atomic E-state index is 0.0957. The van der Waals surface area contributed by atoms with Crippen molar-refractivity contribution in [2.45, 2.75) is 44.1 Å². The van der Waals surface area contributed by atoms with E-state index >= 15 is 0 Å². The molecule has 5 nitrogen and oxygen atoms in total. The molecule has 3 aliphatic rings. The van der Waals surface area contributed by atoms with E-state index in [1.54, 1.807) is 7.11 Å². The number of nitrogens with one attached hydrogen (secondary N) is 1. The Bertz CT molecular complexity index is 636. The predicted molar refractivity (Wildman–Crippen MR) is 96.1 cm³/mol. The summed E-state index contributed by atoms with van der Waals surface area (Å²) < 4.78 is 11.0. The van der Waals surface area contributed by atoms with E-state index in [1.165, 1.54) is 38.8 Å². The van der Waals surface area contributed by atoms with E-state index in [4.69, 9.17) is 9.47 Å². The lowest BCUT2D eigenvalue weighted by atomic mass is 9.90. The van der Waals surface area contributed by atoms with Crippen LogP contribution < -0.4 is 14.8 Å². The summed E-state index contributed by atoms with van der Waals surface area (Å²) in [5.41, 5.74) is 1.46. The lowest BCUT2D eigenvalue weighted by molar-refractivity contribution is -0.126. The van der Waals surface area contributed by atoms with E-state index in [0.29, 0.717) is 12.1 Å². The topological polar surface area (TPSA) is 50.8 Å². The molecular formula is C20H28N2O3. The highest BCUT2D eigenvalue weighted by molar-refractivity contribution is 5.79. The molecule has 0 saturated carbocycles. The third kappa shape index (κ3) is 3.22. The van der Waals surface area contributed by atoms with Crippen molar-refractivity contribution in [3.63, 3.8) is 0 Å².